The lowest BCUT2D eigenvalue weighted by atomic mass is 9.47. The number of fused-ring (bicyclic) bond motifs is 1. The molecule has 8 nitrogen and oxygen atoms in total. The van der Waals surface area contributed by atoms with E-state index in [4.69, 9.17) is 18.7 Å². The minimum atomic E-state index is -0.416. The summed E-state index contributed by atoms with van der Waals surface area (Å²) in [6.45, 7) is 5.27. The first kappa shape index (κ1) is 23.9. The van der Waals surface area contributed by atoms with Crippen LogP contribution in [0.1, 0.15) is 37.9 Å². The van der Waals surface area contributed by atoms with Gasteiger partial charge in [-0.15, -0.1) is 0 Å². The largest absolute Gasteiger partial charge is 0.478 e. The van der Waals surface area contributed by atoms with Crippen molar-refractivity contribution in [3.05, 3.63) is 70.3 Å². The maximum absolute atomic E-state index is 11.8. The number of benzene rings is 1. The second-order valence-corrected chi connectivity index (χ2v) is 11.1. The summed E-state index contributed by atoms with van der Waals surface area (Å²) in [5, 5.41) is 1.08. The Hall–Kier alpha value is -2.43. The van der Waals surface area contributed by atoms with Gasteiger partial charge in [-0.05, 0) is 54.2 Å². The van der Waals surface area contributed by atoms with E-state index in [0.717, 1.165) is 28.6 Å². The molecule has 2 aromatic heterocycles. The summed E-state index contributed by atoms with van der Waals surface area (Å²) in [6.07, 6.45) is 5.66. The number of nitrogens with one attached hydrogen (secondary N) is 2. The average Bonchev–Trinajstić information content (AvgIpc) is 3.49. The molecule has 0 amide bonds. The highest BCUT2D eigenvalue weighted by atomic mass is 16.8. The van der Waals surface area contributed by atoms with E-state index in [2.05, 4.69) is 30.9 Å². The van der Waals surface area contributed by atoms with E-state index < -0.39 is 7.12 Å². The highest BCUT2D eigenvalue weighted by Gasteiger charge is 2.62. The minimum absolute atomic E-state index is 0.0166. The van der Waals surface area contributed by atoms with E-state index in [9.17, 15) is 4.79 Å². The molecule has 2 N–H and O–H groups in total. The Bertz CT molecular complexity index is 1290. The van der Waals surface area contributed by atoms with Gasteiger partial charge in [0.2, 0.25) is 5.56 Å². The van der Waals surface area contributed by atoms with Crippen molar-refractivity contribution in [3.8, 4) is 0 Å². The van der Waals surface area contributed by atoms with Crippen molar-refractivity contribution in [3.63, 3.8) is 0 Å². The summed E-state index contributed by atoms with van der Waals surface area (Å²) >= 11 is 0. The molecular formula is C27H34BN3O5. The number of pyridine rings is 1. The zero-order valence-corrected chi connectivity index (χ0v) is 21.1. The molecule has 36 heavy (non-hydrogen) atoms. The fourth-order valence-electron chi connectivity index (χ4n) is 6.38. The minimum Gasteiger partial charge on any atom is -0.464 e. The van der Waals surface area contributed by atoms with E-state index in [1.807, 2.05) is 30.5 Å². The van der Waals surface area contributed by atoms with Gasteiger partial charge in [0.05, 0.1) is 24.4 Å². The van der Waals surface area contributed by atoms with Gasteiger partial charge in [0, 0.05) is 37.2 Å². The van der Waals surface area contributed by atoms with Crippen molar-refractivity contribution >= 4 is 18.1 Å². The molecule has 9 heteroatoms. The number of rotatable bonds is 9. The molecule has 5 unspecified atom stereocenters. The summed E-state index contributed by atoms with van der Waals surface area (Å²) in [6, 6.07) is 13.3. The fourth-order valence-corrected chi connectivity index (χ4v) is 6.38. The molecule has 1 aromatic carbocycles. The van der Waals surface area contributed by atoms with Crippen molar-refractivity contribution in [1.29, 1.82) is 0 Å². The predicted octanol–water partition coefficient (Wildman–Crippen LogP) is 3.19. The van der Waals surface area contributed by atoms with E-state index in [0.29, 0.717) is 36.6 Å². The quantitative estimate of drug-likeness (QED) is 0.270. The first-order valence-electron chi connectivity index (χ1n) is 13.0. The van der Waals surface area contributed by atoms with Gasteiger partial charge in [-0.25, -0.2) is 4.94 Å². The Labute approximate surface area is 211 Å². The van der Waals surface area contributed by atoms with Crippen LogP contribution in [0.3, 0.4) is 0 Å². The maximum Gasteiger partial charge on any atom is 0.478 e. The van der Waals surface area contributed by atoms with Crippen LogP contribution in [0.5, 0.6) is 0 Å². The van der Waals surface area contributed by atoms with E-state index in [1.54, 1.807) is 23.7 Å². The summed E-state index contributed by atoms with van der Waals surface area (Å²) in [5.41, 5.74) is 9.33. The Balaban J connectivity index is 1.12. The number of hydrogen-bond donors (Lipinski definition) is 2. The Morgan fingerprint density at radius 1 is 1.17 bits per heavy atom. The molecule has 7 rings (SSSR count). The molecule has 1 aliphatic heterocycles. The third-order valence-electron chi connectivity index (χ3n) is 8.81. The molecule has 1 saturated heterocycles. The number of aromatic nitrogens is 1. The lowest BCUT2D eigenvalue weighted by Crippen LogP contribution is -2.59. The third kappa shape index (κ3) is 4.23. The highest BCUT2D eigenvalue weighted by Crippen LogP contribution is 2.61. The van der Waals surface area contributed by atoms with Gasteiger partial charge < -0.3 is 18.3 Å². The highest BCUT2D eigenvalue weighted by molar-refractivity contribution is 6.47. The number of hydrogen-bond acceptors (Lipinski definition) is 7. The Kier molecular flexibility index (Phi) is 6.30. The topological polar surface area (TPSA) is 86.9 Å². The Morgan fingerprint density at radius 3 is 2.89 bits per heavy atom. The summed E-state index contributed by atoms with van der Waals surface area (Å²) in [4.78, 5) is 17.6. The number of hydroxylamine groups is 2. The van der Waals surface area contributed by atoms with Gasteiger partial charge in [0.25, 0.3) is 0 Å². The van der Waals surface area contributed by atoms with Crippen LogP contribution in [0, 0.1) is 17.3 Å². The van der Waals surface area contributed by atoms with Crippen LogP contribution < -0.4 is 16.5 Å². The van der Waals surface area contributed by atoms with Crippen molar-refractivity contribution < 1.29 is 18.7 Å². The molecule has 4 fully saturated rings. The van der Waals surface area contributed by atoms with Gasteiger partial charge in [-0.3, -0.25) is 4.79 Å². The van der Waals surface area contributed by atoms with Crippen LogP contribution >= 0.6 is 0 Å². The van der Waals surface area contributed by atoms with E-state index in [-0.39, 0.29) is 23.7 Å². The summed E-state index contributed by atoms with van der Waals surface area (Å²) < 4.78 is 20.5. The number of furan rings is 1. The Morgan fingerprint density at radius 2 is 2.03 bits per heavy atom. The number of nitrogens with zero attached hydrogens (tertiary/aromatic N) is 1. The van der Waals surface area contributed by atoms with Crippen LogP contribution in [0.4, 0.5) is 0 Å². The summed E-state index contributed by atoms with van der Waals surface area (Å²) in [7, 11) is 1.36. The predicted molar refractivity (Wildman–Crippen MR) is 137 cm³/mol. The zero-order chi connectivity index (χ0) is 24.9. The first-order valence-corrected chi connectivity index (χ1v) is 13.0. The van der Waals surface area contributed by atoms with Crippen LogP contribution in [0.2, 0.25) is 0 Å². The lowest BCUT2D eigenvalue weighted by Gasteiger charge is -2.60. The summed E-state index contributed by atoms with van der Waals surface area (Å²) in [5.74, 6) is 1.02. The van der Waals surface area contributed by atoms with Gasteiger partial charge in [-0.1, -0.05) is 38.1 Å². The van der Waals surface area contributed by atoms with Crippen LogP contribution in [0.25, 0.3) is 11.0 Å². The van der Waals surface area contributed by atoms with Crippen molar-refractivity contribution in [1.82, 2.24) is 15.5 Å². The monoisotopic (exact) mass is 491 g/mol. The van der Waals surface area contributed by atoms with Crippen molar-refractivity contribution in [2.45, 2.75) is 57.7 Å². The second-order valence-electron chi connectivity index (χ2n) is 11.1. The van der Waals surface area contributed by atoms with Crippen LogP contribution in [0.15, 0.2) is 57.9 Å². The molecule has 0 spiro atoms. The fraction of sp³-hybridized carbons (Fsp3) is 0.519. The van der Waals surface area contributed by atoms with Gasteiger partial charge >= 0.3 is 7.12 Å². The molecule has 190 valence electrons. The smallest absolute Gasteiger partial charge is 0.464 e. The molecule has 0 radical (unpaired) electrons. The first-order chi connectivity index (χ1) is 17.4. The van der Waals surface area contributed by atoms with Gasteiger partial charge in [0.15, 0.2) is 0 Å². The average molecular weight is 491 g/mol. The van der Waals surface area contributed by atoms with Crippen molar-refractivity contribution in [2.75, 3.05) is 6.54 Å². The second kappa shape index (κ2) is 9.47. The molecule has 3 aliphatic carbocycles. The van der Waals surface area contributed by atoms with E-state index >= 15 is 0 Å². The molecule has 3 heterocycles. The van der Waals surface area contributed by atoms with Crippen LogP contribution in [-0.4, -0.2) is 36.4 Å². The van der Waals surface area contributed by atoms with Gasteiger partial charge in [0.1, 0.15) is 5.58 Å². The normalized spacial score (nSPS) is 27.1. The van der Waals surface area contributed by atoms with Crippen LogP contribution in [-0.2, 0) is 34.1 Å². The molecule has 5 atom stereocenters. The third-order valence-corrected chi connectivity index (χ3v) is 8.81. The SMILES string of the molecule is Cn1c(CCNONC(Cc2coc3ccccc23)B2OC3CC4CC(C3O2)C4(C)C)cccc1=O. The number of para-hydroxylation sites is 1. The van der Waals surface area contributed by atoms with Gasteiger partial charge in [-0.2, -0.15) is 11.0 Å². The molecular weight excluding hydrogens is 457 g/mol. The lowest BCUT2D eigenvalue weighted by molar-refractivity contribution is -0.150. The zero-order valence-electron chi connectivity index (χ0n) is 21.1. The molecule has 3 saturated carbocycles. The molecule has 3 aromatic rings. The standard InChI is InChI=1S/C27H34BN3O5/c1-27(2)18-14-21(27)26-23(15-18)34-28(35-26)24(13-17-16-33-22-9-5-4-8-20(17)22)30-36-29-12-11-19-7-6-10-25(32)31(19)3/h4-10,16,18,21,23-24,26,29-30H,11-15H2,1-3H3. The molecule has 4 aliphatic rings. The maximum atomic E-state index is 11.8. The molecule has 2 bridgehead atoms. The van der Waals surface area contributed by atoms with E-state index in [1.165, 1.54) is 6.42 Å². The van der Waals surface area contributed by atoms with Crippen molar-refractivity contribution in [2.24, 2.45) is 24.3 Å².